The van der Waals surface area contributed by atoms with Gasteiger partial charge in [0.05, 0.1) is 0 Å². The van der Waals surface area contributed by atoms with E-state index in [0.29, 0.717) is 5.89 Å². The largest absolute Gasteiger partial charge is 0.477 e. The molecule has 1 heterocycles. The molecule has 3 nitrogen and oxygen atoms in total. The monoisotopic (exact) mass is 186 g/mol. The van der Waals surface area contributed by atoms with E-state index in [9.17, 15) is 5.11 Å². The van der Waals surface area contributed by atoms with Crippen LogP contribution in [0.25, 0.3) is 0 Å². The summed E-state index contributed by atoms with van der Waals surface area (Å²) in [4.78, 5) is 0. The van der Waals surface area contributed by atoms with E-state index in [4.69, 9.17) is 12.4 Å². The first-order valence-electron chi connectivity index (χ1n) is 4.26. The highest BCUT2D eigenvalue weighted by molar-refractivity contribution is 5.94. The van der Waals surface area contributed by atoms with Crippen LogP contribution < -0.4 is 4.48 Å². The molecule has 0 aliphatic heterocycles. The van der Waals surface area contributed by atoms with Gasteiger partial charge >= 0.3 is 5.89 Å². The third kappa shape index (κ3) is 1.56. The van der Waals surface area contributed by atoms with Crippen molar-refractivity contribution in [1.82, 2.24) is 0 Å². The van der Waals surface area contributed by atoms with Crippen LogP contribution in [0.15, 0.2) is 47.2 Å². The van der Waals surface area contributed by atoms with Gasteiger partial charge in [-0.3, -0.25) is 0 Å². The number of oxazole rings is 1. The fourth-order valence-corrected chi connectivity index (χ4v) is 1.28. The number of nitrogens with zero attached hydrogens (tertiary/aromatic N) is 1. The van der Waals surface area contributed by atoms with Crippen LogP contribution in [-0.2, 0) is 0 Å². The van der Waals surface area contributed by atoms with Crippen LogP contribution in [0.2, 0.25) is 0 Å². The lowest BCUT2D eigenvalue weighted by Gasteiger charge is -2.08. The molecule has 14 heavy (non-hydrogen) atoms. The van der Waals surface area contributed by atoms with Gasteiger partial charge in [0.1, 0.15) is 6.20 Å². The molecule has 69 valence electrons. The molecule has 2 rings (SSSR count). The summed E-state index contributed by atoms with van der Waals surface area (Å²) in [6, 6.07) is 9.21. The van der Waals surface area contributed by atoms with Gasteiger partial charge in [0, 0.05) is 0 Å². The minimum atomic E-state index is -0.823. The summed E-state index contributed by atoms with van der Waals surface area (Å²) >= 11 is 0. The highest BCUT2D eigenvalue weighted by atomic mass is 16.4. The van der Waals surface area contributed by atoms with Crippen molar-refractivity contribution >= 4 is 7.98 Å². The van der Waals surface area contributed by atoms with E-state index in [-0.39, 0.29) is 0 Å². The first kappa shape index (κ1) is 9.03. The summed E-state index contributed by atoms with van der Waals surface area (Å²) in [5.74, 6) is 0.316. The number of rotatable bonds is 2. The van der Waals surface area contributed by atoms with Crippen molar-refractivity contribution in [3.63, 3.8) is 0 Å². The van der Waals surface area contributed by atoms with Gasteiger partial charge in [-0.15, -0.1) is 7.98 Å². The maximum absolute atomic E-state index is 9.87. The fraction of sp³-hybridized carbons (Fsp3) is 0.100. The standard InChI is InChI=1S/C10H9BNO2/c11-12-6-7-14-10(12)9(13)8-4-2-1-3-5-8/h1-7,9,13H. The number of aliphatic hydroxyl groups is 1. The van der Waals surface area contributed by atoms with Crippen molar-refractivity contribution in [3.8, 4) is 0 Å². The van der Waals surface area contributed by atoms with Crippen molar-refractivity contribution in [3.05, 3.63) is 54.2 Å². The van der Waals surface area contributed by atoms with E-state index in [1.54, 1.807) is 6.20 Å². The molecular weight excluding hydrogens is 177 g/mol. The van der Waals surface area contributed by atoms with E-state index in [1.165, 1.54) is 10.7 Å². The number of hydrogen-bond acceptors (Lipinski definition) is 2. The molecule has 0 aliphatic carbocycles. The lowest BCUT2D eigenvalue weighted by molar-refractivity contribution is -0.541. The minimum absolute atomic E-state index is 0.316. The van der Waals surface area contributed by atoms with Gasteiger partial charge < -0.3 is 14.0 Å². The molecule has 0 saturated carbocycles. The zero-order valence-electron chi connectivity index (χ0n) is 7.50. The molecule has 1 aromatic carbocycles. The third-order valence-electron chi connectivity index (χ3n) is 2.01. The Hall–Kier alpha value is -1.55. The normalized spacial score (nSPS) is 12.7. The summed E-state index contributed by atoms with van der Waals surface area (Å²) in [6.45, 7) is 0. The van der Waals surface area contributed by atoms with Gasteiger partial charge in [0.2, 0.25) is 0 Å². The Morgan fingerprint density at radius 3 is 2.57 bits per heavy atom. The average molecular weight is 186 g/mol. The first-order valence-corrected chi connectivity index (χ1v) is 4.26. The van der Waals surface area contributed by atoms with Gasteiger partial charge in [0.15, 0.2) is 12.4 Å². The van der Waals surface area contributed by atoms with Crippen LogP contribution in [-0.4, -0.2) is 13.1 Å². The number of aliphatic hydroxyl groups excluding tert-OH is 1. The highest BCUT2D eigenvalue weighted by Crippen LogP contribution is 2.17. The fourth-order valence-electron chi connectivity index (χ4n) is 1.28. The summed E-state index contributed by atoms with van der Waals surface area (Å²) in [5, 5.41) is 9.87. The molecule has 1 aromatic heterocycles. The lowest BCUT2D eigenvalue weighted by Crippen LogP contribution is -2.34. The lowest BCUT2D eigenvalue weighted by atomic mass is 10.1. The number of benzene rings is 1. The summed E-state index contributed by atoms with van der Waals surface area (Å²) in [6.07, 6.45) is 2.15. The van der Waals surface area contributed by atoms with E-state index in [0.717, 1.165) is 5.56 Å². The Morgan fingerprint density at radius 1 is 1.29 bits per heavy atom. The van der Waals surface area contributed by atoms with Crippen LogP contribution in [0.1, 0.15) is 17.6 Å². The zero-order valence-corrected chi connectivity index (χ0v) is 7.50. The predicted octanol–water partition coefficient (Wildman–Crippen LogP) is 0.580. The van der Waals surface area contributed by atoms with E-state index in [1.807, 2.05) is 30.3 Å². The molecule has 1 unspecified atom stereocenters. The molecule has 1 atom stereocenters. The molecule has 0 saturated heterocycles. The number of hydrogen-bond donors (Lipinski definition) is 1. The minimum Gasteiger partial charge on any atom is -0.477 e. The second-order valence-corrected chi connectivity index (χ2v) is 2.96. The molecular formula is C10H9BNO2. The van der Waals surface area contributed by atoms with Crippen LogP contribution in [0, 0.1) is 0 Å². The summed E-state index contributed by atoms with van der Waals surface area (Å²) in [7, 11) is 5.54. The van der Waals surface area contributed by atoms with Crippen molar-refractivity contribution < 1.29 is 14.0 Å². The average Bonchev–Trinajstić information content (AvgIpc) is 2.65. The van der Waals surface area contributed by atoms with Gasteiger partial charge in [-0.1, -0.05) is 30.3 Å². The zero-order chi connectivity index (χ0) is 9.97. The van der Waals surface area contributed by atoms with Crippen molar-refractivity contribution in [1.29, 1.82) is 0 Å². The third-order valence-corrected chi connectivity index (χ3v) is 2.01. The molecule has 2 aromatic rings. The predicted molar refractivity (Wildman–Crippen MR) is 50.6 cm³/mol. The Labute approximate surface area is 83.0 Å². The van der Waals surface area contributed by atoms with E-state index >= 15 is 0 Å². The first-order chi connectivity index (χ1) is 6.79. The maximum Gasteiger partial charge on any atom is 0.320 e. The van der Waals surface area contributed by atoms with Gasteiger partial charge in [-0.05, 0) is 5.56 Å². The Balaban J connectivity index is 2.34. The van der Waals surface area contributed by atoms with E-state index in [2.05, 4.69) is 0 Å². The maximum atomic E-state index is 9.87. The molecule has 1 N–H and O–H groups in total. The molecule has 0 aliphatic rings. The Bertz CT molecular complexity index is 413. The molecule has 0 fully saturated rings. The highest BCUT2D eigenvalue weighted by Gasteiger charge is 2.18. The second-order valence-electron chi connectivity index (χ2n) is 2.96. The molecule has 3 radical (unpaired) electrons. The van der Waals surface area contributed by atoms with Gasteiger partial charge in [-0.2, -0.15) is 0 Å². The number of aromatic nitrogens is 1. The SMILES string of the molecule is [B-][n+]1ccoc1C(O)c1ccccc1. The van der Waals surface area contributed by atoms with Crippen LogP contribution in [0.3, 0.4) is 0 Å². The van der Waals surface area contributed by atoms with Crippen molar-refractivity contribution in [2.24, 2.45) is 0 Å². The molecule has 0 spiro atoms. The summed E-state index contributed by atoms with van der Waals surface area (Å²) in [5.41, 5.74) is 0.752. The molecule has 0 amide bonds. The molecule has 0 bridgehead atoms. The van der Waals surface area contributed by atoms with Crippen molar-refractivity contribution in [2.45, 2.75) is 6.10 Å². The summed E-state index contributed by atoms with van der Waals surface area (Å²) < 4.78 is 6.33. The second kappa shape index (κ2) is 3.68. The quantitative estimate of drug-likeness (QED) is 0.696. The van der Waals surface area contributed by atoms with Crippen molar-refractivity contribution in [2.75, 3.05) is 0 Å². The Kier molecular flexibility index (Phi) is 2.37. The van der Waals surface area contributed by atoms with Crippen LogP contribution in [0.5, 0.6) is 0 Å². The Morgan fingerprint density at radius 2 is 2.00 bits per heavy atom. The smallest absolute Gasteiger partial charge is 0.320 e. The van der Waals surface area contributed by atoms with Crippen LogP contribution >= 0.6 is 0 Å². The van der Waals surface area contributed by atoms with Gasteiger partial charge in [0.25, 0.3) is 0 Å². The van der Waals surface area contributed by atoms with Gasteiger partial charge in [-0.25, -0.2) is 0 Å². The topological polar surface area (TPSA) is 37.2 Å². The van der Waals surface area contributed by atoms with Crippen LogP contribution in [0.4, 0.5) is 0 Å². The molecule has 4 heteroatoms. The van der Waals surface area contributed by atoms with E-state index < -0.39 is 6.10 Å².